The lowest BCUT2D eigenvalue weighted by Crippen LogP contribution is -2.49. The summed E-state index contributed by atoms with van der Waals surface area (Å²) in [5.74, 6) is 2.38. The Hall–Kier alpha value is -2.49. The smallest absolute Gasteiger partial charge is 0.239 e. The molecule has 0 atom stereocenters. The molecule has 2 aromatic carbocycles. The Bertz CT molecular complexity index is 822. The molecular formula is C23H31IN4O3. The molecule has 1 saturated heterocycles. The van der Waals surface area contributed by atoms with Gasteiger partial charge in [0.15, 0.2) is 5.96 Å². The van der Waals surface area contributed by atoms with E-state index in [9.17, 15) is 4.79 Å². The molecule has 0 bridgehead atoms. The summed E-state index contributed by atoms with van der Waals surface area (Å²) in [6.45, 7) is 2.34. The van der Waals surface area contributed by atoms with Gasteiger partial charge in [-0.05, 0) is 29.8 Å². The number of carbonyl (C=O) groups is 1. The van der Waals surface area contributed by atoms with Crippen molar-refractivity contribution in [3.63, 3.8) is 0 Å². The van der Waals surface area contributed by atoms with Gasteiger partial charge in [-0.2, -0.15) is 0 Å². The minimum absolute atomic E-state index is 0. The molecule has 1 heterocycles. The van der Waals surface area contributed by atoms with Crippen molar-refractivity contribution in [3.05, 3.63) is 60.2 Å². The summed E-state index contributed by atoms with van der Waals surface area (Å²) in [6, 6.07) is 17.6. The van der Waals surface area contributed by atoms with Gasteiger partial charge in [0.05, 0.1) is 13.7 Å². The first-order valence-corrected chi connectivity index (χ1v) is 10.2. The van der Waals surface area contributed by atoms with Gasteiger partial charge < -0.3 is 25.0 Å². The van der Waals surface area contributed by atoms with Gasteiger partial charge in [-0.1, -0.05) is 30.3 Å². The number of methoxy groups -OCH3 is 1. The van der Waals surface area contributed by atoms with E-state index in [-0.39, 0.29) is 42.5 Å². The summed E-state index contributed by atoms with van der Waals surface area (Å²) in [7, 11) is 3.37. The second-order valence-corrected chi connectivity index (χ2v) is 7.14. The highest BCUT2D eigenvalue weighted by atomic mass is 127. The predicted molar refractivity (Wildman–Crippen MR) is 133 cm³/mol. The molecule has 0 aromatic heterocycles. The molecule has 1 fully saturated rings. The number of hydrogen-bond donors (Lipinski definition) is 2. The molecule has 8 heteroatoms. The summed E-state index contributed by atoms with van der Waals surface area (Å²) in [5.41, 5.74) is 1.02. The van der Waals surface area contributed by atoms with Crippen LogP contribution in [-0.4, -0.2) is 56.7 Å². The number of likely N-dealkylation sites (tertiary alicyclic amines) is 1. The number of amides is 1. The molecule has 7 nitrogen and oxygen atoms in total. The van der Waals surface area contributed by atoms with E-state index in [1.165, 1.54) is 0 Å². The van der Waals surface area contributed by atoms with E-state index in [0.717, 1.165) is 49.0 Å². The zero-order chi connectivity index (χ0) is 21.2. The fourth-order valence-electron chi connectivity index (χ4n) is 3.38. The Labute approximate surface area is 201 Å². The molecule has 0 radical (unpaired) electrons. The second kappa shape index (κ2) is 13.0. The van der Waals surface area contributed by atoms with E-state index >= 15 is 0 Å². The van der Waals surface area contributed by atoms with Crippen LogP contribution in [0.1, 0.15) is 18.4 Å². The van der Waals surface area contributed by atoms with Crippen molar-refractivity contribution >= 4 is 35.8 Å². The van der Waals surface area contributed by atoms with Gasteiger partial charge in [-0.25, -0.2) is 0 Å². The van der Waals surface area contributed by atoms with Gasteiger partial charge >= 0.3 is 0 Å². The Balaban J connectivity index is 0.00000341. The number of piperidine rings is 1. The molecular weight excluding hydrogens is 507 g/mol. The van der Waals surface area contributed by atoms with Crippen molar-refractivity contribution in [1.29, 1.82) is 0 Å². The molecule has 0 unspecified atom stereocenters. The van der Waals surface area contributed by atoms with Crippen molar-refractivity contribution in [2.24, 2.45) is 4.99 Å². The van der Waals surface area contributed by atoms with Gasteiger partial charge in [-0.3, -0.25) is 9.79 Å². The summed E-state index contributed by atoms with van der Waals surface area (Å²) in [5, 5.41) is 6.08. The van der Waals surface area contributed by atoms with Crippen LogP contribution in [0.15, 0.2) is 59.6 Å². The number of para-hydroxylation sites is 1. The average Bonchev–Trinajstić information content (AvgIpc) is 2.80. The molecule has 1 aliphatic heterocycles. The minimum Gasteiger partial charge on any atom is -0.497 e. The van der Waals surface area contributed by atoms with Crippen molar-refractivity contribution in [2.45, 2.75) is 25.5 Å². The lowest BCUT2D eigenvalue weighted by Gasteiger charge is -2.34. The normalized spacial score (nSPS) is 14.4. The number of nitrogens with one attached hydrogen (secondary N) is 2. The maximum absolute atomic E-state index is 12.2. The Morgan fingerprint density at radius 2 is 1.71 bits per heavy atom. The highest BCUT2D eigenvalue weighted by molar-refractivity contribution is 14.0. The molecule has 0 aliphatic carbocycles. The van der Waals surface area contributed by atoms with E-state index in [0.29, 0.717) is 6.54 Å². The molecule has 0 saturated carbocycles. The van der Waals surface area contributed by atoms with Crippen LogP contribution in [0.25, 0.3) is 0 Å². The zero-order valence-corrected chi connectivity index (χ0v) is 20.4. The number of carbonyl (C=O) groups excluding carboxylic acids is 1. The topological polar surface area (TPSA) is 75.2 Å². The Morgan fingerprint density at radius 1 is 1.03 bits per heavy atom. The Morgan fingerprint density at radius 3 is 2.32 bits per heavy atom. The third kappa shape index (κ3) is 7.93. The van der Waals surface area contributed by atoms with Crippen LogP contribution in [0.2, 0.25) is 0 Å². The molecule has 1 amide bonds. The predicted octanol–water partition coefficient (Wildman–Crippen LogP) is 3.05. The van der Waals surface area contributed by atoms with E-state index in [2.05, 4.69) is 20.5 Å². The number of nitrogens with zero attached hydrogens (tertiary/aromatic N) is 2. The fraction of sp³-hybridized carbons (Fsp3) is 0.391. The molecule has 0 spiro atoms. The third-order valence-corrected chi connectivity index (χ3v) is 5.06. The minimum atomic E-state index is -0.0748. The van der Waals surface area contributed by atoms with Gasteiger partial charge in [-0.15, -0.1) is 24.0 Å². The maximum Gasteiger partial charge on any atom is 0.239 e. The van der Waals surface area contributed by atoms with E-state index < -0.39 is 0 Å². The molecule has 3 rings (SSSR count). The summed E-state index contributed by atoms with van der Waals surface area (Å²) >= 11 is 0. The van der Waals surface area contributed by atoms with Crippen molar-refractivity contribution in [3.8, 4) is 11.5 Å². The molecule has 2 aromatic rings. The van der Waals surface area contributed by atoms with Crippen LogP contribution in [0.4, 0.5) is 0 Å². The molecule has 168 valence electrons. The number of halogens is 1. The maximum atomic E-state index is 12.2. The Kier molecular flexibility index (Phi) is 10.4. The third-order valence-electron chi connectivity index (χ3n) is 5.06. The number of guanidine groups is 1. The zero-order valence-electron chi connectivity index (χ0n) is 18.0. The number of aliphatic imine (C=N–C) groups is 1. The van der Waals surface area contributed by atoms with E-state index in [1.807, 2.05) is 54.6 Å². The number of ether oxygens (including phenoxy) is 2. The van der Waals surface area contributed by atoms with Gasteiger partial charge in [0.2, 0.25) is 5.91 Å². The quantitative estimate of drug-likeness (QED) is 0.322. The first-order valence-electron chi connectivity index (χ1n) is 10.2. The van der Waals surface area contributed by atoms with Crippen LogP contribution in [0.5, 0.6) is 11.5 Å². The standard InChI is InChI=1S/C23H30N4O3.HI/c1-24-23(26-17-22(28)25-16-18-8-10-19(29-2)11-9-18)27-14-12-21(13-15-27)30-20-6-4-3-5-7-20;/h3-11,21H,12-17H2,1-2H3,(H,24,26)(H,25,28);1H. The largest absolute Gasteiger partial charge is 0.497 e. The highest BCUT2D eigenvalue weighted by Gasteiger charge is 2.23. The van der Waals surface area contributed by atoms with Gasteiger partial charge in [0.25, 0.3) is 0 Å². The van der Waals surface area contributed by atoms with Gasteiger partial charge in [0, 0.05) is 39.5 Å². The molecule has 2 N–H and O–H groups in total. The first kappa shape index (κ1) is 24.8. The summed E-state index contributed by atoms with van der Waals surface area (Å²) in [6.07, 6.45) is 2.04. The van der Waals surface area contributed by atoms with Gasteiger partial charge in [0.1, 0.15) is 17.6 Å². The molecule has 1 aliphatic rings. The SMILES string of the molecule is CN=C(NCC(=O)NCc1ccc(OC)cc1)N1CCC(Oc2ccccc2)CC1.I. The second-order valence-electron chi connectivity index (χ2n) is 7.14. The van der Waals surface area contributed by atoms with Crippen molar-refractivity contribution < 1.29 is 14.3 Å². The first-order chi connectivity index (χ1) is 14.7. The summed E-state index contributed by atoms with van der Waals surface area (Å²) in [4.78, 5) is 18.7. The fourth-order valence-corrected chi connectivity index (χ4v) is 3.38. The van der Waals surface area contributed by atoms with Crippen LogP contribution in [0.3, 0.4) is 0 Å². The van der Waals surface area contributed by atoms with E-state index in [4.69, 9.17) is 9.47 Å². The summed E-state index contributed by atoms with van der Waals surface area (Å²) < 4.78 is 11.2. The number of hydrogen-bond acceptors (Lipinski definition) is 4. The monoisotopic (exact) mass is 538 g/mol. The van der Waals surface area contributed by atoms with Crippen LogP contribution < -0.4 is 20.1 Å². The van der Waals surface area contributed by atoms with Crippen molar-refractivity contribution in [2.75, 3.05) is 33.8 Å². The molecule has 31 heavy (non-hydrogen) atoms. The number of rotatable bonds is 7. The average molecular weight is 538 g/mol. The lowest BCUT2D eigenvalue weighted by molar-refractivity contribution is -0.120. The van der Waals surface area contributed by atoms with Crippen molar-refractivity contribution in [1.82, 2.24) is 15.5 Å². The number of benzene rings is 2. The van der Waals surface area contributed by atoms with Crippen LogP contribution >= 0.6 is 24.0 Å². The van der Waals surface area contributed by atoms with Crippen LogP contribution in [0, 0.1) is 0 Å². The van der Waals surface area contributed by atoms with Crippen LogP contribution in [-0.2, 0) is 11.3 Å². The van der Waals surface area contributed by atoms with E-state index in [1.54, 1.807) is 14.2 Å². The highest BCUT2D eigenvalue weighted by Crippen LogP contribution is 2.18. The lowest BCUT2D eigenvalue weighted by atomic mass is 10.1.